The number of hydrogen-bond donors (Lipinski definition) is 0. The normalized spacial score (nSPS) is 16.5. The summed E-state index contributed by atoms with van der Waals surface area (Å²) in [4.78, 5) is 2.49. The first-order valence-corrected chi connectivity index (χ1v) is 8.82. The molecule has 1 aliphatic rings. The van der Waals surface area contributed by atoms with Crippen LogP contribution in [0.1, 0.15) is 23.6 Å². The van der Waals surface area contributed by atoms with Gasteiger partial charge in [-0.15, -0.1) is 0 Å². The molecule has 24 heavy (non-hydrogen) atoms. The number of rotatable bonds is 4. The van der Waals surface area contributed by atoms with Gasteiger partial charge in [0.05, 0.1) is 5.71 Å². The van der Waals surface area contributed by atoms with E-state index in [0.717, 1.165) is 49.0 Å². The van der Waals surface area contributed by atoms with Crippen LogP contribution in [0.5, 0.6) is 0 Å². The van der Waals surface area contributed by atoms with Crippen LogP contribution in [-0.4, -0.2) is 41.8 Å². The van der Waals surface area contributed by atoms with Gasteiger partial charge in [0.1, 0.15) is 0 Å². The van der Waals surface area contributed by atoms with E-state index >= 15 is 0 Å². The molecule has 1 heterocycles. The van der Waals surface area contributed by atoms with Gasteiger partial charge in [-0.1, -0.05) is 59.6 Å². The summed E-state index contributed by atoms with van der Waals surface area (Å²) < 4.78 is 0. The highest BCUT2D eigenvalue weighted by Gasteiger charge is 2.16. The van der Waals surface area contributed by atoms with Crippen molar-refractivity contribution in [3.05, 3.63) is 70.2 Å². The first-order valence-electron chi connectivity index (χ1n) is 8.45. The Bertz CT molecular complexity index is 701. The van der Waals surface area contributed by atoms with Crippen LogP contribution in [0.25, 0.3) is 0 Å². The summed E-state index contributed by atoms with van der Waals surface area (Å²) in [5.74, 6) is 0. The fourth-order valence-corrected chi connectivity index (χ4v) is 3.24. The van der Waals surface area contributed by atoms with Crippen LogP contribution in [-0.2, 0) is 6.54 Å². The maximum atomic E-state index is 6.25. The molecule has 0 unspecified atom stereocenters. The van der Waals surface area contributed by atoms with Gasteiger partial charge in [-0.05, 0) is 25.5 Å². The van der Waals surface area contributed by atoms with Crippen molar-refractivity contribution in [2.45, 2.75) is 20.4 Å². The molecule has 4 heteroatoms. The molecule has 0 N–H and O–H groups in total. The molecule has 0 radical (unpaired) electrons. The number of nitrogens with zero attached hydrogens (tertiary/aromatic N) is 3. The van der Waals surface area contributed by atoms with Crippen LogP contribution >= 0.6 is 11.6 Å². The Kier molecular flexibility index (Phi) is 5.54. The number of hydrazone groups is 1. The van der Waals surface area contributed by atoms with Crippen molar-refractivity contribution in [2.24, 2.45) is 5.10 Å². The van der Waals surface area contributed by atoms with E-state index in [1.807, 2.05) is 31.2 Å². The second-order valence-corrected chi connectivity index (χ2v) is 6.79. The molecule has 1 fully saturated rings. The molecule has 3 rings (SSSR count). The summed E-state index contributed by atoms with van der Waals surface area (Å²) in [6.07, 6.45) is 0. The van der Waals surface area contributed by atoms with Crippen molar-refractivity contribution in [1.29, 1.82) is 0 Å². The summed E-state index contributed by atoms with van der Waals surface area (Å²) in [7, 11) is 0. The number of benzene rings is 2. The maximum Gasteiger partial charge on any atom is 0.0661 e. The van der Waals surface area contributed by atoms with Gasteiger partial charge in [0.25, 0.3) is 0 Å². The van der Waals surface area contributed by atoms with Crippen molar-refractivity contribution in [3.63, 3.8) is 0 Å². The third-order valence-corrected chi connectivity index (χ3v) is 4.76. The zero-order valence-electron chi connectivity index (χ0n) is 14.4. The van der Waals surface area contributed by atoms with Crippen molar-refractivity contribution in [2.75, 3.05) is 26.2 Å². The molecule has 0 atom stereocenters. The third-order valence-electron chi connectivity index (χ3n) is 4.43. The van der Waals surface area contributed by atoms with Gasteiger partial charge < -0.3 is 0 Å². The van der Waals surface area contributed by atoms with E-state index in [0.29, 0.717) is 0 Å². The first-order chi connectivity index (χ1) is 11.6. The quantitative estimate of drug-likeness (QED) is 0.776. The maximum absolute atomic E-state index is 6.25. The zero-order valence-corrected chi connectivity index (χ0v) is 15.1. The lowest BCUT2D eigenvalue weighted by molar-refractivity contribution is 0.130. The number of aryl methyl sites for hydroxylation is 1. The smallest absolute Gasteiger partial charge is 0.0661 e. The molecular formula is C20H24ClN3. The van der Waals surface area contributed by atoms with Crippen molar-refractivity contribution >= 4 is 17.3 Å². The predicted molar refractivity (Wildman–Crippen MR) is 102 cm³/mol. The van der Waals surface area contributed by atoms with Crippen LogP contribution in [0.3, 0.4) is 0 Å². The second-order valence-electron chi connectivity index (χ2n) is 6.38. The Morgan fingerprint density at radius 1 is 1.00 bits per heavy atom. The lowest BCUT2D eigenvalue weighted by atomic mass is 10.1. The van der Waals surface area contributed by atoms with Gasteiger partial charge in [-0.25, -0.2) is 0 Å². The molecule has 0 bridgehead atoms. The van der Waals surface area contributed by atoms with Gasteiger partial charge in [0.2, 0.25) is 0 Å². The molecule has 2 aromatic rings. The van der Waals surface area contributed by atoms with Crippen LogP contribution in [0.2, 0.25) is 5.02 Å². The highest BCUT2D eigenvalue weighted by molar-refractivity contribution is 6.34. The Labute approximate surface area is 149 Å². The molecule has 2 aromatic carbocycles. The van der Waals surface area contributed by atoms with Gasteiger partial charge >= 0.3 is 0 Å². The summed E-state index contributed by atoms with van der Waals surface area (Å²) >= 11 is 6.25. The van der Waals surface area contributed by atoms with E-state index in [-0.39, 0.29) is 0 Å². The molecular weight excluding hydrogens is 318 g/mol. The Morgan fingerprint density at radius 3 is 2.33 bits per heavy atom. The molecule has 0 aliphatic carbocycles. The van der Waals surface area contributed by atoms with E-state index < -0.39 is 0 Å². The molecule has 3 nitrogen and oxygen atoms in total. The van der Waals surface area contributed by atoms with E-state index in [4.69, 9.17) is 16.7 Å². The van der Waals surface area contributed by atoms with Gasteiger partial charge in [-0.2, -0.15) is 5.10 Å². The summed E-state index contributed by atoms with van der Waals surface area (Å²) in [5.41, 5.74) is 4.69. The van der Waals surface area contributed by atoms with Gasteiger partial charge in [0.15, 0.2) is 0 Å². The molecule has 0 aromatic heterocycles. The van der Waals surface area contributed by atoms with Crippen LogP contribution in [0, 0.1) is 6.92 Å². The Hall–Kier alpha value is -1.84. The van der Waals surface area contributed by atoms with Gasteiger partial charge in [-0.3, -0.25) is 9.91 Å². The molecule has 1 aliphatic heterocycles. The van der Waals surface area contributed by atoms with Crippen LogP contribution in [0.4, 0.5) is 0 Å². The standard InChI is InChI=1S/C20H24ClN3/c1-16-7-9-18(10-8-16)15-23-11-13-24(14-12-23)22-17(2)19-5-3-4-6-20(19)21/h3-10H,11-15H2,1-2H3/b22-17+. The number of piperazine rings is 1. The third kappa shape index (κ3) is 4.37. The molecule has 0 amide bonds. The minimum absolute atomic E-state index is 0.761. The fourth-order valence-electron chi connectivity index (χ4n) is 2.97. The highest BCUT2D eigenvalue weighted by Crippen LogP contribution is 2.17. The zero-order chi connectivity index (χ0) is 16.9. The molecule has 126 valence electrons. The van der Waals surface area contributed by atoms with Crippen LogP contribution in [0.15, 0.2) is 53.6 Å². The minimum atomic E-state index is 0.761. The molecule has 0 saturated carbocycles. The minimum Gasteiger partial charge on any atom is -0.295 e. The second kappa shape index (κ2) is 7.82. The Balaban J connectivity index is 1.56. The van der Waals surface area contributed by atoms with Gasteiger partial charge in [0, 0.05) is 43.3 Å². The SMILES string of the molecule is C/C(=N\N1CCN(Cc2ccc(C)cc2)CC1)c1ccccc1Cl. The highest BCUT2D eigenvalue weighted by atomic mass is 35.5. The monoisotopic (exact) mass is 341 g/mol. The fraction of sp³-hybridized carbons (Fsp3) is 0.350. The number of halogens is 1. The Morgan fingerprint density at radius 2 is 1.67 bits per heavy atom. The first kappa shape index (κ1) is 17.0. The average molecular weight is 342 g/mol. The summed E-state index contributed by atoms with van der Waals surface area (Å²) in [6.45, 7) is 9.14. The largest absolute Gasteiger partial charge is 0.295 e. The van der Waals surface area contributed by atoms with E-state index in [9.17, 15) is 0 Å². The van der Waals surface area contributed by atoms with Crippen molar-refractivity contribution in [1.82, 2.24) is 9.91 Å². The average Bonchev–Trinajstić information content (AvgIpc) is 2.59. The summed E-state index contributed by atoms with van der Waals surface area (Å²) in [6, 6.07) is 16.7. The number of hydrogen-bond acceptors (Lipinski definition) is 3. The molecule has 0 spiro atoms. The predicted octanol–water partition coefficient (Wildman–Crippen LogP) is 4.19. The van der Waals surface area contributed by atoms with E-state index in [2.05, 4.69) is 41.1 Å². The molecule has 1 saturated heterocycles. The summed E-state index contributed by atoms with van der Waals surface area (Å²) in [5, 5.41) is 7.68. The topological polar surface area (TPSA) is 18.8 Å². The van der Waals surface area contributed by atoms with Crippen LogP contribution < -0.4 is 0 Å². The lowest BCUT2D eigenvalue weighted by Gasteiger charge is -2.33. The lowest BCUT2D eigenvalue weighted by Crippen LogP contribution is -2.43. The van der Waals surface area contributed by atoms with Crippen molar-refractivity contribution < 1.29 is 0 Å². The van der Waals surface area contributed by atoms with E-state index in [1.165, 1.54) is 11.1 Å². The van der Waals surface area contributed by atoms with Crippen molar-refractivity contribution in [3.8, 4) is 0 Å². The van der Waals surface area contributed by atoms with E-state index in [1.54, 1.807) is 0 Å².